The van der Waals surface area contributed by atoms with Gasteiger partial charge < -0.3 is 19.7 Å². The van der Waals surface area contributed by atoms with Gasteiger partial charge in [-0.2, -0.15) is 5.26 Å². The molecule has 2 aliphatic rings. The van der Waals surface area contributed by atoms with Crippen molar-refractivity contribution in [2.75, 3.05) is 6.61 Å². The lowest BCUT2D eigenvalue weighted by atomic mass is 10.1. The van der Waals surface area contributed by atoms with Crippen LogP contribution in [0.4, 0.5) is 4.79 Å². The Morgan fingerprint density at radius 1 is 1.39 bits per heavy atom. The number of ether oxygens (including phenoxy) is 2. The molecule has 0 saturated carbocycles. The molecule has 2 rings (SSSR count). The lowest BCUT2D eigenvalue weighted by molar-refractivity contribution is -0.167. The zero-order valence-corrected chi connectivity index (χ0v) is 10.2. The molecule has 100 valence electrons. The lowest BCUT2D eigenvalue weighted by Crippen LogP contribution is -2.47. The van der Waals surface area contributed by atoms with Gasteiger partial charge >= 0.3 is 6.09 Å². The highest BCUT2D eigenvalue weighted by atomic mass is 16.8. The summed E-state index contributed by atoms with van der Waals surface area (Å²) in [4.78, 5) is 12.3. The van der Waals surface area contributed by atoms with Gasteiger partial charge in [0.1, 0.15) is 12.2 Å². The Labute approximate surface area is 105 Å². The molecule has 0 aromatic heterocycles. The van der Waals surface area contributed by atoms with Crippen LogP contribution in [-0.2, 0) is 9.47 Å². The second-order valence-electron chi connectivity index (χ2n) is 4.93. The van der Waals surface area contributed by atoms with Crippen LogP contribution >= 0.6 is 0 Å². The van der Waals surface area contributed by atoms with Crippen molar-refractivity contribution in [1.29, 1.82) is 5.26 Å². The molecular weight excluding hydrogens is 240 g/mol. The number of hydrogen-bond acceptors (Lipinski definition) is 5. The maximum atomic E-state index is 11.2. The Hall–Kier alpha value is -1.36. The van der Waals surface area contributed by atoms with E-state index in [1.54, 1.807) is 13.8 Å². The Kier molecular flexibility index (Phi) is 3.19. The van der Waals surface area contributed by atoms with E-state index in [2.05, 4.69) is 0 Å². The van der Waals surface area contributed by atoms with E-state index in [0.29, 0.717) is 0 Å². The standard InChI is InChI=1S/C11H16N2O5/c1-11(2)17-8-6(3-4-12)13(10(15)16)7(5-14)9(8)18-11/h6-9,14H,3,5H2,1-2H3,(H,15,16). The van der Waals surface area contributed by atoms with Crippen molar-refractivity contribution in [3.63, 3.8) is 0 Å². The summed E-state index contributed by atoms with van der Waals surface area (Å²) < 4.78 is 11.3. The van der Waals surface area contributed by atoms with Gasteiger partial charge in [-0.15, -0.1) is 0 Å². The first kappa shape index (κ1) is 13.1. The third-order valence-electron chi connectivity index (χ3n) is 3.35. The summed E-state index contributed by atoms with van der Waals surface area (Å²) in [6.45, 7) is 3.11. The summed E-state index contributed by atoms with van der Waals surface area (Å²) in [5.74, 6) is -0.818. The molecule has 0 aromatic rings. The summed E-state index contributed by atoms with van der Waals surface area (Å²) >= 11 is 0. The maximum Gasteiger partial charge on any atom is 0.408 e. The molecule has 2 N–H and O–H groups in total. The molecule has 18 heavy (non-hydrogen) atoms. The minimum atomic E-state index is -1.17. The number of fused-ring (bicyclic) bond motifs is 1. The average molecular weight is 256 g/mol. The van der Waals surface area contributed by atoms with Crippen LogP contribution < -0.4 is 0 Å². The highest BCUT2D eigenvalue weighted by molar-refractivity contribution is 5.67. The molecule has 0 bridgehead atoms. The van der Waals surface area contributed by atoms with E-state index in [1.807, 2.05) is 6.07 Å². The zero-order chi connectivity index (χ0) is 13.5. The van der Waals surface area contributed by atoms with Crippen molar-refractivity contribution in [1.82, 2.24) is 4.90 Å². The normalized spacial score (nSPS) is 37.3. The molecule has 2 fully saturated rings. The van der Waals surface area contributed by atoms with E-state index in [-0.39, 0.29) is 13.0 Å². The number of carboxylic acid groups (broad SMARTS) is 1. The smallest absolute Gasteiger partial charge is 0.408 e. The molecule has 2 saturated heterocycles. The molecule has 7 heteroatoms. The quantitative estimate of drug-likeness (QED) is 0.728. The minimum Gasteiger partial charge on any atom is -0.465 e. The lowest BCUT2D eigenvalue weighted by Gasteiger charge is -2.30. The Morgan fingerprint density at radius 2 is 1.94 bits per heavy atom. The topological polar surface area (TPSA) is 103 Å². The molecular formula is C11H16N2O5. The average Bonchev–Trinajstić information content (AvgIpc) is 2.70. The maximum absolute atomic E-state index is 11.2. The first-order valence-electron chi connectivity index (χ1n) is 5.76. The van der Waals surface area contributed by atoms with E-state index in [1.165, 1.54) is 0 Å². The summed E-state index contributed by atoms with van der Waals surface area (Å²) in [5, 5.41) is 27.4. The van der Waals surface area contributed by atoms with Crippen molar-refractivity contribution < 1.29 is 24.5 Å². The van der Waals surface area contributed by atoms with Gasteiger partial charge in [0.25, 0.3) is 0 Å². The van der Waals surface area contributed by atoms with Crippen LogP contribution in [0.2, 0.25) is 0 Å². The van der Waals surface area contributed by atoms with Crippen LogP contribution in [-0.4, -0.2) is 57.9 Å². The molecule has 4 atom stereocenters. The second kappa shape index (κ2) is 4.39. The summed E-state index contributed by atoms with van der Waals surface area (Å²) in [6, 6.07) is 0.669. The number of nitriles is 1. The highest BCUT2D eigenvalue weighted by Crippen LogP contribution is 2.41. The third kappa shape index (κ3) is 1.92. The molecule has 0 spiro atoms. The second-order valence-corrected chi connectivity index (χ2v) is 4.93. The number of hydrogen-bond donors (Lipinski definition) is 2. The van der Waals surface area contributed by atoms with Crippen LogP contribution in [0.25, 0.3) is 0 Å². The van der Waals surface area contributed by atoms with Crippen molar-refractivity contribution in [3.05, 3.63) is 0 Å². The van der Waals surface area contributed by atoms with Gasteiger partial charge in [-0.1, -0.05) is 0 Å². The van der Waals surface area contributed by atoms with Gasteiger partial charge in [0.05, 0.1) is 31.2 Å². The summed E-state index contributed by atoms with van der Waals surface area (Å²) in [7, 11) is 0. The zero-order valence-electron chi connectivity index (χ0n) is 10.2. The van der Waals surface area contributed by atoms with Gasteiger partial charge in [0.15, 0.2) is 5.79 Å². The SMILES string of the molecule is CC1(C)OC2C(O1)C(CC#N)N(C(=O)O)C2CO. The predicted octanol–water partition coefficient (Wildman–Crippen LogP) is 0.143. The van der Waals surface area contributed by atoms with E-state index in [0.717, 1.165) is 4.90 Å². The number of aliphatic hydroxyl groups excluding tert-OH is 1. The van der Waals surface area contributed by atoms with E-state index in [4.69, 9.17) is 14.7 Å². The van der Waals surface area contributed by atoms with Gasteiger partial charge in [-0.25, -0.2) is 4.79 Å². The molecule has 4 unspecified atom stereocenters. The number of likely N-dealkylation sites (tertiary alicyclic amines) is 1. The van der Waals surface area contributed by atoms with E-state index in [9.17, 15) is 15.0 Å². The van der Waals surface area contributed by atoms with Crippen molar-refractivity contribution in [2.45, 2.75) is 50.3 Å². The van der Waals surface area contributed by atoms with Crippen molar-refractivity contribution >= 4 is 6.09 Å². The fourth-order valence-corrected chi connectivity index (χ4v) is 2.76. The Morgan fingerprint density at radius 3 is 2.39 bits per heavy atom. The molecule has 1 amide bonds. The van der Waals surface area contributed by atoms with Crippen LogP contribution in [0.5, 0.6) is 0 Å². The van der Waals surface area contributed by atoms with Crippen LogP contribution in [0, 0.1) is 11.3 Å². The summed E-state index contributed by atoms with van der Waals surface area (Å²) in [5.41, 5.74) is 0. The van der Waals surface area contributed by atoms with Gasteiger partial charge in [-0.05, 0) is 13.8 Å². The van der Waals surface area contributed by atoms with Crippen LogP contribution in [0.3, 0.4) is 0 Å². The largest absolute Gasteiger partial charge is 0.465 e. The highest BCUT2D eigenvalue weighted by Gasteiger charge is 2.58. The van der Waals surface area contributed by atoms with Crippen LogP contribution in [0.1, 0.15) is 20.3 Å². The molecule has 0 aromatic carbocycles. The molecule has 0 radical (unpaired) electrons. The van der Waals surface area contributed by atoms with E-state index < -0.39 is 36.2 Å². The van der Waals surface area contributed by atoms with Gasteiger partial charge in [-0.3, -0.25) is 4.90 Å². The van der Waals surface area contributed by atoms with Gasteiger partial charge in [0.2, 0.25) is 0 Å². The molecule has 0 aliphatic carbocycles. The number of aliphatic hydroxyl groups is 1. The Balaban J connectivity index is 2.31. The predicted molar refractivity (Wildman–Crippen MR) is 58.6 cm³/mol. The minimum absolute atomic E-state index is 0.0173. The Bertz CT molecular complexity index is 391. The fraction of sp³-hybridized carbons (Fsp3) is 0.818. The number of nitrogens with zero attached hydrogens (tertiary/aromatic N) is 2. The van der Waals surface area contributed by atoms with Crippen LogP contribution in [0.15, 0.2) is 0 Å². The molecule has 7 nitrogen and oxygen atoms in total. The fourth-order valence-electron chi connectivity index (χ4n) is 2.76. The van der Waals surface area contributed by atoms with Gasteiger partial charge in [0, 0.05) is 0 Å². The van der Waals surface area contributed by atoms with Crippen molar-refractivity contribution in [3.8, 4) is 6.07 Å². The number of rotatable bonds is 2. The molecule has 2 heterocycles. The van der Waals surface area contributed by atoms with E-state index >= 15 is 0 Å². The number of carbonyl (C=O) groups is 1. The first-order chi connectivity index (χ1) is 8.41. The molecule has 2 aliphatic heterocycles. The monoisotopic (exact) mass is 256 g/mol. The summed E-state index contributed by atoms with van der Waals surface area (Å²) in [6.07, 6.45) is -2.19. The number of amides is 1. The third-order valence-corrected chi connectivity index (χ3v) is 3.35. The van der Waals surface area contributed by atoms with Crippen molar-refractivity contribution in [2.24, 2.45) is 0 Å². The first-order valence-corrected chi connectivity index (χ1v) is 5.76.